The van der Waals surface area contributed by atoms with Crippen LogP contribution in [-0.4, -0.2) is 37.1 Å². The van der Waals surface area contributed by atoms with E-state index in [1.54, 1.807) is 0 Å². The standard InChI is InChI=1S/C15H34N2/c1-6-8-9-11-14(3)16-12-13-17(5)15(4)10-7-2/h14-16H,6-13H2,1-5H3. The van der Waals surface area contributed by atoms with Gasteiger partial charge in [0.1, 0.15) is 0 Å². The summed E-state index contributed by atoms with van der Waals surface area (Å²) < 4.78 is 0. The summed E-state index contributed by atoms with van der Waals surface area (Å²) in [5, 5.41) is 3.63. The number of nitrogens with one attached hydrogen (secondary N) is 1. The molecule has 2 heteroatoms. The minimum absolute atomic E-state index is 0.677. The van der Waals surface area contributed by atoms with Crippen molar-refractivity contribution < 1.29 is 0 Å². The SMILES string of the molecule is CCCCCC(C)NCCN(C)C(C)CCC. The van der Waals surface area contributed by atoms with Gasteiger partial charge >= 0.3 is 0 Å². The molecular formula is C15H34N2. The Bertz CT molecular complexity index is 159. The van der Waals surface area contributed by atoms with Gasteiger partial charge in [0.2, 0.25) is 0 Å². The highest BCUT2D eigenvalue weighted by Gasteiger charge is 2.07. The molecule has 2 atom stereocenters. The van der Waals surface area contributed by atoms with Crippen molar-refractivity contribution in [2.24, 2.45) is 0 Å². The number of rotatable bonds is 11. The molecule has 0 aliphatic carbocycles. The fraction of sp³-hybridized carbons (Fsp3) is 1.00. The maximum Gasteiger partial charge on any atom is 0.0107 e. The van der Waals surface area contributed by atoms with Crippen molar-refractivity contribution in [3.63, 3.8) is 0 Å². The highest BCUT2D eigenvalue weighted by Crippen LogP contribution is 2.04. The van der Waals surface area contributed by atoms with Crippen LogP contribution in [0.25, 0.3) is 0 Å². The Hall–Kier alpha value is -0.0800. The molecule has 0 heterocycles. The molecule has 0 aromatic heterocycles. The highest BCUT2D eigenvalue weighted by molar-refractivity contribution is 4.66. The van der Waals surface area contributed by atoms with E-state index in [1.807, 2.05) is 0 Å². The van der Waals surface area contributed by atoms with Crippen molar-refractivity contribution >= 4 is 0 Å². The summed E-state index contributed by atoms with van der Waals surface area (Å²) in [6.07, 6.45) is 7.98. The lowest BCUT2D eigenvalue weighted by Gasteiger charge is -2.25. The van der Waals surface area contributed by atoms with E-state index in [4.69, 9.17) is 0 Å². The van der Waals surface area contributed by atoms with Crippen LogP contribution in [0.5, 0.6) is 0 Å². The van der Waals surface area contributed by atoms with E-state index in [9.17, 15) is 0 Å². The Labute approximate surface area is 109 Å². The first-order valence-electron chi connectivity index (χ1n) is 7.55. The first-order valence-corrected chi connectivity index (χ1v) is 7.55. The topological polar surface area (TPSA) is 15.3 Å². The van der Waals surface area contributed by atoms with E-state index >= 15 is 0 Å². The van der Waals surface area contributed by atoms with E-state index < -0.39 is 0 Å². The highest BCUT2D eigenvalue weighted by atomic mass is 15.1. The molecular weight excluding hydrogens is 208 g/mol. The van der Waals surface area contributed by atoms with E-state index in [0.717, 1.165) is 12.6 Å². The lowest BCUT2D eigenvalue weighted by atomic mass is 10.1. The van der Waals surface area contributed by atoms with Crippen LogP contribution in [0.4, 0.5) is 0 Å². The normalized spacial score (nSPS) is 15.2. The fourth-order valence-electron chi connectivity index (χ4n) is 2.15. The molecule has 104 valence electrons. The minimum atomic E-state index is 0.677. The molecule has 0 spiro atoms. The summed E-state index contributed by atoms with van der Waals surface area (Å²) in [5.41, 5.74) is 0. The Morgan fingerprint density at radius 2 is 1.71 bits per heavy atom. The van der Waals surface area contributed by atoms with Crippen molar-refractivity contribution in [2.75, 3.05) is 20.1 Å². The van der Waals surface area contributed by atoms with Gasteiger partial charge in [-0.3, -0.25) is 0 Å². The monoisotopic (exact) mass is 242 g/mol. The average molecular weight is 242 g/mol. The van der Waals surface area contributed by atoms with Gasteiger partial charge < -0.3 is 10.2 Å². The van der Waals surface area contributed by atoms with Gasteiger partial charge in [-0.1, -0.05) is 39.5 Å². The van der Waals surface area contributed by atoms with Crippen LogP contribution in [0.2, 0.25) is 0 Å². The molecule has 1 N–H and O–H groups in total. The third-order valence-electron chi connectivity index (χ3n) is 3.66. The number of hydrogen-bond acceptors (Lipinski definition) is 2. The van der Waals surface area contributed by atoms with Crippen LogP contribution >= 0.6 is 0 Å². The Morgan fingerprint density at radius 1 is 1.00 bits per heavy atom. The fourth-order valence-corrected chi connectivity index (χ4v) is 2.15. The minimum Gasteiger partial charge on any atom is -0.313 e. The van der Waals surface area contributed by atoms with Gasteiger partial charge in [0.05, 0.1) is 0 Å². The molecule has 0 aliphatic heterocycles. The van der Waals surface area contributed by atoms with Gasteiger partial charge in [-0.05, 0) is 33.7 Å². The Kier molecular flexibility index (Phi) is 11.0. The number of hydrogen-bond donors (Lipinski definition) is 1. The van der Waals surface area contributed by atoms with Crippen molar-refractivity contribution in [1.82, 2.24) is 10.2 Å². The van der Waals surface area contributed by atoms with Crippen LogP contribution < -0.4 is 5.32 Å². The quantitative estimate of drug-likeness (QED) is 0.556. The second-order valence-corrected chi connectivity index (χ2v) is 5.47. The van der Waals surface area contributed by atoms with Gasteiger partial charge in [0, 0.05) is 25.2 Å². The van der Waals surface area contributed by atoms with Crippen LogP contribution in [-0.2, 0) is 0 Å². The van der Waals surface area contributed by atoms with Crippen molar-refractivity contribution in [3.05, 3.63) is 0 Å². The summed E-state index contributed by atoms with van der Waals surface area (Å²) in [5.74, 6) is 0. The van der Waals surface area contributed by atoms with E-state index in [0.29, 0.717) is 6.04 Å². The molecule has 0 aromatic carbocycles. The van der Waals surface area contributed by atoms with E-state index in [-0.39, 0.29) is 0 Å². The third-order valence-corrected chi connectivity index (χ3v) is 3.66. The molecule has 0 fully saturated rings. The zero-order valence-corrected chi connectivity index (χ0v) is 12.8. The third kappa shape index (κ3) is 9.61. The number of unbranched alkanes of at least 4 members (excludes halogenated alkanes) is 2. The van der Waals surface area contributed by atoms with Crippen LogP contribution in [0.3, 0.4) is 0 Å². The summed E-state index contributed by atoms with van der Waals surface area (Å²) in [6.45, 7) is 11.5. The van der Waals surface area contributed by atoms with Crippen LogP contribution in [0, 0.1) is 0 Å². The smallest absolute Gasteiger partial charge is 0.0107 e. The first kappa shape index (κ1) is 16.9. The maximum atomic E-state index is 3.63. The van der Waals surface area contributed by atoms with Gasteiger partial charge in [-0.15, -0.1) is 0 Å². The Balaban J connectivity index is 3.47. The molecule has 17 heavy (non-hydrogen) atoms. The largest absolute Gasteiger partial charge is 0.313 e. The lowest BCUT2D eigenvalue weighted by Crippen LogP contribution is -2.38. The Morgan fingerprint density at radius 3 is 2.29 bits per heavy atom. The molecule has 0 saturated heterocycles. The van der Waals surface area contributed by atoms with Crippen molar-refractivity contribution in [2.45, 2.75) is 78.3 Å². The second-order valence-electron chi connectivity index (χ2n) is 5.47. The average Bonchev–Trinajstić information content (AvgIpc) is 2.29. The van der Waals surface area contributed by atoms with Gasteiger partial charge in [-0.2, -0.15) is 0 Å². The first-order chi connectivity index (χ1) is 8.11. The zero-order chi connectivity index (χ0) is 13.1. The van der Waals surface area contributed by atoms with Crippen molar-refractivity contribution in [1.29, 1.82) is 0 Å². The molecule has 0 aromatic rings. The van der Waals surface area contributed by atoms with Gasteiger partial charge in [0.25, 0.3) is 0 Å². The molecule has 2 unspecified atom stereocenters. The summed E-state index contributed by atoms with van der Waals surface area (Å²) >= 11 is 0. The molecule has 0 bridgehead atoms. The molecule has 0 saturated carbocycles. The molecule has 0 aliphatic rings. The predicted octanol–water partition coefficient (Wildman–Crippen LogP) is 3.67. The number of likely N-dealkylation sites (N-methyl/N-ethyl adjacent to an activating group) is 1. The zero-order valence-electron chi connectivity index (χ0n) is 12.8. The number of nitrogens with zero attached hydrogens (tertiary/aromatic N) is 1. The van der Waals surface area contributed by atoms with Gasteiger partial charge in [0.15, 0.2) is 0 Å². The molecule has 0 rings (SSSR count). The predicted molar refractivity (Wildman–Crippen MR) is 78.6 cm³/mol. The molecule has 0 radical (unpaired) electrons. The second kappa shape index (κ2) is 11.0. The van der Waals surface area contributed by atoms with Crippen LogP contribution in [0.15, 0.2) is 0 Å². The molecule has 0 amide bonds. The van der Waals surface area contributed by atoms with Gasteiger partial charge in [-0.25, -0.2) is 0 Å². The van der Waals surface area contributed by atoms with E-state index in [1.165, 1.54) is 45.1 Å². The summed E-state index contributed by atoms with van der Waals surface area (Å²) in [6, 6.07) is 1.40. The molecule has 2 nitrogen and oxygen atoms in total. The summed E-state index contributed by atoms with van der Waals surface area (Å²) in [7, 11) is 2.24. The lowest BCUT2D eigenvalue weighted by molar-refractivity contribution is 0.241. The van der Waals surface area contributed by atoms with Crippen LogP contribution in [0.1, 0.15) is 66.2 Å². The van der Waals surface area contributed by atoms with E-state index in [2.05, 4.69) is 45.0 Å². The maximum absolute atomic E-state index is 3.63. The summed E-state index contributed by atoms with van der Waals surface area (Å²) in [4.78, 5) is 2.47. The van der Waals surface area contributed by atoms with Crippen molar-refractivity contribution in [3.8, 4) is 0 Å².